The third kappa shape index (κ3) is 3.18. The van der Waals surface area contributed by atoms with Crippen LogP contribution in [0.4, 0.5) is 0 Å². The number of carbonyl (C=O) groups excluding carboxylic acids is 1. The number of benzene rings is 1. The van der Waals surface area contributed by atoms with Crippen LogP contribution in [0.2, 0.25) is 0 Å². The number of aryl methyl sites for hydroxylation is 1. The molecule has 1 fully saturated rings. The molecule has 0 spiro atoms. The Morgan fingerprint density at radius 3 is 2.70 bits per heavy atom. The molecule has 0 unspecified atom stereocenters. The summed E-state index contributed by atoms with van der Waals surface area (Å²) in [5.41, 5.74) is 2.57. The zero-order valence-electron chi connectivity index (χ0n) is 15.8. The first kappa shape index (κ1) is 17.6. The van der Waals surface area contributed by atoms with Crippen LogP contribution >= 0.6 is 0 Å². The van der Waals surface area contributed by atoms with Crippen LogP contribution in [0.25, 0.3) is 10.9 Å². The molecular formula is C20H25N5O2. The fourth-order valence-electron chi connectivity index (χ4n) is 4.08. The minimum absolute atomic E-state index is 0.0763. The first-order chi connectivity index (χ1) is 13.1. The molecule has 0 radical (unpaired) electrons. The monoisotopic (exact) mass is 367 g/mol. The summed E-state index contributed by atoms with van der Waals surface area (Å²) < 4.78 is 1.69. The largest absolute Gasteiger partial charge is 0.350 e. The number of aromatic amines is 2. The van der Waals surface area contributed by atoms with Gasteiger partial charge in [-0.15, -0.1) is 0 Å². The molecule has 7 heteroatoms. The molecule has 1 amide bonds. The number of rotatable bonds is 4. The highest BCUT2D eigenvalue weighted by Crippen LogP contribution is 2.25. The molecule has 2 N–H and O–H groups in total. The predicted molar refractivity (Wildman–Crippen MR) is 104 cm³/mol. The molecule has 0 atom stereocenters. The van der Waals surface area contributed by atoms with Gasteiger partial charge in [0.15, 0.2) is 0 Å². The van der Waals surface area contributed by atoms with Crippen LogP contribution in [0, 0.1) is 12.8 Å². The number of fused-ring (bicyclic) bond motifs is 1. The van der Waals surface area contributed by atoms with E-state index in [-0.39, 0.29) is 11.6 Å². The second kappa shape index (κ2) is 7.06. The first-order valence-electron chi connectivity index (χ1n) is 9.59. The normalized spacial score (nSPS) is 15.6. The fraction of sp³-hybridized carbons (Fsp3) is 0.450. The first-order valence-corrected chi connectivity index (χ1v) is 9.59. The van der Waals surface area contributed by atoms with Gasteiger partial charge in [-0.05, 0) is 44.2 Å². The Balaban J connectivity index is 1.43. The van der Waals surface area contributed by atoms with Crippen LogP contribution < -0.4 is 5.69 Å². The van der Waals surface area contributed by atoms with E-state index in [2.05, 4.69) is 15.2 Å². The number of carbonyl (C=O) groups is 1. The number of nitrogens with zero attached hydrogens (tertiary/aromatic N) is 3. The van der Waals surface area contributed by atoms with Crippen molar-refractivity contribution in [1.82, 2.24) is 24.6 Å². The van der Waals surface area contributed by atoms with E-state index >= 15 is 0 Å². The minimum Gasteiger partial charge on any atom is -0.350 e. The maximum Gasteiger partial charge on any atom is 0.343 e. The smallest absolute Gasteiger partial charge is 0.343 e. The number of piperidine rings is 1. The number of nitrogens with one attached hydrogen (secondary N) is 2. The molecule has 7 nitrogen and oxygen atoms in total. The SMILES string of the molecule is CCn1c(CC2CCN(C(=O)c3[nH]c4ccccc4c3C)CC2)n[nH]c1=O. The number of para-hydroxylation sites is 1. The van der Waals surface area contributed by atoms with Crippen molar-refractivity contribution in [2.45, 2.75) is 39.7 Å². The maximum absolute atomic E-state index is 13.0. The summed E-state index contributed by atoms with van der Waals surface area (Å²) in [6.45, 7) is 6.05. The molecule has 1 aromatic carbocycles. The summed E-state index contributed by atoms with van der Waals surface area (Å²) in [7, 11) is 0. The van der Waals surface area contributed by atoms with Crippen LogP contribution in [-0.2, 0) is 13.0 Å². The summed E-state index contributed by atoms with van der Waals surface area (Å²) in [5.74, 6) is 1.34. The summed E-state index contributed by atoms with van der Waals surface area (Å²) in [6.07, 6.45) is 2.63. The van der Waals surface area contributed by atoms with E-state index in [1.54, 1.807) is 4.57 Å². The van der Waals surface area contributed by atoms with Crippen molar-refractivity contribution in [2.75, 3.05) is 13.1 Å². The molecule has 0 saturated carbocycles. The zero-order valence-corrected chi connectivity index (χ0v) is 15.8. The van der Waals surface area contributed by atoms with Gasteiger partial charge in [-0.1, -0.05) is 18.2 Å². The number of hydrogen-bond donors (Lipinski definition) is 2. The molecular weight excluding hydrogens is 342 g/mol. The van der Waals surface area contributed by atoms with Crippen molar-refractivity contribution >= 4 is 16.8 Å². The molecule has 1 aliphatic heterocycles. The van der Waals surface area contributed by atoms with Crippen molar-refractivity contribution in [2.24, 2.45) is 5.92 Å². The number of amides is 1. The van der Waals surface area contributed by atoms with E-state index in [0.717, 1.165) is 54.6 Å². The molecule has 2 aromatic heterocycles. The van der Waals surface area contributed by atoms with Gasteiger partial charge >= 0.3 is 5.69 Å². The highest BCUT2D eigenvalue weighted by Gasteiger charge is 2.27. The van der Waals surface area contributed by atoms with Crippen molar-refractivity contribution in [3.8, 4) is 0 Å². The van der Waals surface area contributed by atoms with E-state index in [1.807, 2.05) is 43.0 Å². The van der Waals surface area contributed by atoms with Crippen molar-refractivity contribution in [3.63, 3.8) is 0 Å². The van der Waals surface area contributed by atoms with E-state index < -0.39 is 0 Å². The lowest BCUT2D eigenvalue weighted by molar-refractivity contribution is 0.0683. The summed E-state index contributed by atoms with van der Waals surface area (Å²) >= 11 is 0. The summed E-state index contributed by atoms with van der Waals surface area (Å²) in [5, 5.41) is 7.80. The fourth-order valence-corrected chi connectivity index (χ4v) is 4.08. The number of aromatic nitrogens is 4. The topological polar surface area (TPSA) is 86.8 Å². The molecule has 1 saturated heterocycles. The Bertz CT molecular complexity index is 1020. The van der Waals surface area contributed by atoms with Crippen LogP contribution in [0.5, 0.6) is 0 Å². The number of likely N-dealkylation sites (tertiary alicyclic amines) is 1. The molecule has 3 aromatic rings. The molecule has 3 heterocycles. The Labute approximate surface area is 157 Å². The van der Waals surface area contributed by atoms with Crippen LogP contribution in [0.1, 0.15) is 41.6 Å². The average Bonchev–Trinajstić information content (AvgIpc) is 3.22. The highest BCUT2D eigenvalue weighted by atomic mass is 16.2. The Morgan fingerprint density at radius 2 is 2.00 bits per heavy atom. The van der Waals surface area contributed by atoms with E-state index in [0.29, 0.717) is 18.2 Å². The molecule has 27 heavy (non-hydrogen) atoms. The van der Waals surface area contributed by atoms with E-state index in [9.17, 15) is 9.59 Å². The molecule has 1 aliphatic rings. The van der Waals surface area contributed by atoms with E-state index in [1.165, 1.54) is 0 Å². The van der Waals surface area contributed by atoms with Crippen molar-refractivity contribution < 1.29 is 4.79 Å². The minimum atomic E-state index is -0.144. The predicted octanol–water partition coefficient (Wildman–Crippen LogP) is 2.48. The third-order valence-corrected chi connectivity index (χ3v) is 5.71. The second-order valence-electron chi connectivity index (χ2n) is 7.30. The van der Waals surface area contributed by atoms with Crippen molar-refractivity contribution in [1.29, 1.82) is 0 Å². The average molecular weight is 367 g/mol. The van der Waals surface area contributed by atoms with Gasteiger partial charge in [-0.25, -0.2) is 9.89 Å². The standard InChI is InChI=1S/C20H25N5O2/c1-3-25-17(22-23-20(25)27)12-14-8-10-24(11-9-14)19(26)18-13(2)15-6-4-5-7-16(15)21-18/h4-7,14,21H,3,8-12H2,1-2H3,(H,23,27). The van der Waals surface area contributed by atoms with Crippen LogP contribution in [0.3, 0.4) is 0 Å². The molecule has 142 valence electrons. The summed E-state index contributed by atoms with van der Waals surface area (Å²) in [6, 6.07) is 8.01. The second-order valence-corrected chi connectivity index (χ2v) is 7.30. The van der Waals surface area contributed by atoms with Gasteiger partial charge in [-0.2, -0.15) is 5.10 Å². The van der Waals surface area contributed by atoms with Gasteiger partial charge < -0.3 is 9.88 Å². The Morgan fingerprint density at radius 1 is 1.26 bits per heavy atom. The van der Waals surface area contributed by atoms with Crippen LogP contribution in [-0.4, -0.2) is 43.6 Å². The van der Waals surface area contributed by atoms with Crippen molar-refractivity contribution in [3.05, 3.63) is 51.8 Å². The summed E-state index contributed by atoms with van der Waals surface area (Å²) in [4.78, 5) is 29.9. The molecule has 0 aliphatic carbocycles. The molecule has 4 rings (SSSR count). The highest BCUT2D eigenvalue weighted by molar-refractivity contribution is 6.00. The van der Waals surface area contributed by atoms with Crippen LogP contribution in [0.15, 0.2) is 29.1 Å². The van der Waals surface area contributed by atoms with Gasteiger partial charge in [0.25, 0.3) is 5.91 Å². The Hall–Kier alpha value is -2.83. The molecule has 0 bridgehead atoms. The van der Waals surface area contributed by atoms with Gasteiger partial charge in [0.2, 0.25) is 0 Å². The third-order valence-electron chi connectivity index (χ3n) is 5.71. The maximum atomic E-state index is 13.0. The van der Waals surface area contributed by atoms with Gasteiger partial charge in [0, 0.05) is 37.0 Å². The zero-order chi connectivity index (χ0) is 19.0. The van der Waals surface area contributed by atoms with E-state index in [4.69, 9.17) is 0 Å². The quantitative estimate of drug-likeness (QED) is 0.743. The van der Waals surface area contributed by atoms with Gasteiger partial charge in [0.1, 0.15) is 11.5 Å². The van der Waals surface area contributed by atoms with Gasteiger partial charge in [0.05, 0.1) is 0 Å². The lowest BCUT2D eigenvalue weighted by Crippen LogP contribution is -2.39. The lowest BCUT2D eigenvalue weighted by Gasteiger charge is -2.31. The number of hydrogen-bond acceptors (Lipinski definition) is 3. The number of H-pyrrole nitrogens is 2. The van der Waals surface area contributed by atoms with Gasteiger partial charge in [-0.3, -0.25) is 9.36 Å². The lowest BCUT2D eigenvalue weighted by atomic mass is 9.93. The Kier molecular flexibility index (Phi) is 4.59.